The Balaban J connectivity index is 1.58. The third-order valence-corrected chi connectivity index (χ3v) is 5.11. The SMILES string of the molecule is CCOc1ccc(C(=O)Nc2cccc3ccccc23)cc1COc1ccccc1OC. The van der Waals surface area contributed by atoms with Crippen molar-refractivity contribution in [3.05, 3.63) is 96.1 Å². The molecule has 4 aromatic carbocycles. The van der Waals surface area contributed by atoms with Gasteiger partial charge in [-0.3, -0.25) is 4.79 Å². The van der Waals surface area contributed by atoms with Gasteiger partial charge in [0.05, 0.1) is 13.7 Å². The Kier molecular flexibility index (Phi) is 6.56. The average Bonchev–Trinajstić information content (AvgIpc) is 2.84. The number of methoxy groups -OCH3 is 1. The van der Waals surface area contributed by atoms with Crippen LogP contribution in [0.3, 0.4) is 0 Å². The number of hydrogen-bond acceptors (Lipinski definition) is 4. The topological polar surface area (TPSA) is 56.8 Å². The quantitative estimate of drug-likeness (QED) is 0.370. The summed E-state index contributed by atoms with van der Waals surface area (Å²) in [7, 11) is 1.60. The second-order valence-electron chi connectivity index (χ2n) is 7.18. The molecule has 1 amide bonds. The zero-order chi connectivity index (χ0) is 22.3. The Morgan fingerprint density at radius 2 is 1.56 bits per heavy atom. The van der Waals surface area contributed by atoms with Crippen LogP contribution in [0.1, 0.15) is 22.8 Å². The first kappa shape index (κ1) is 21.2. The summed E-state index contributed by atoms with van der Waals surface area (Å²) >= 11 is 0. The molecule has 0 aliphatic heterocycles. The molecule has 4 rings (SSSR count). The fourth-order valence-corrected chi connectivity index (χ4v) is 3.55. The van der Waals surface area contributed by atoms with Gasteiger partial charge < -0.3 is 19.5 Å². The predicted molar refractivity (Wildman–Crippen MR) is 127 cm³/mol. The fraction of sp³-hybridized carbons (Fsp3) is 0.148. The van der Waals surface area contributed by atoms with Crippen molar-refractivity contribution in [2.75, 3.05) is 19.0 Å². The number of hydrogen-bond donors (Lipinski definition) is 1. The highest BCUT2D eigenvalue weighted by atomic mass is 16.5. The van der Waals surface area contributed by atoms with Crippen molar-refractivity contribution in [2.24, 2.45) is 0 Å². The molecule has 5 nitrogen and oxygen atoms in total. The summed E-state index contributed by atoms with van der Waals surface area (Å²) in [5.41, 5.74) is 2.08. The first-order valence-corrected chi connectivity index (χ1v) is 10.5. The van der Waals surface area contributed by atoms with Crippen LogP contribution in [-0.2, 0) is 6.61 Å². The van der Waals surface area contributed by atoms with Crippen LogP contribution < -0.4 is 19.5 Å². The molecule has 0 aliphatic rings. The van der Waals surface area contributed by atoms with E-state index in [0.717, 1.165) is 22.0 Å². The highest BCUT2D eigenvalue weighted by Crippen LogP contribution is 2.29. The van der Waals surface area contributed by atoms with E-state index in [-0.39, 0.29) is 12.5 Å². The molecule has 0 saturated carbocycles. The number of para-hydroxylation sites is 2. The Morgan fingerprint density at radius 3 is 2.38 bits per heavy atom. The van der Waals surface area contributed by atoms with Gasteiger partial charge in [-0.05, 0) is 48.7 Å². The largest absolute Gasteiger partial charge is 0.493 e. The lowest BCUT2D eigenvalue weighted by Crippen LogP contribution is -2.13. The Labute approximate surface area is 187 Å². The lowest BCUT2D eigenvalue weighted by atomic mass is 10.1. The van der Waals surface area contributed by atoms with E-state index in [1.165, 1.54) is 0 Å². The van der Waals surface area contributed by atoms with Crippen LogP contribution in [0.4, 0.5) is 5.69 Å². The highest BCUT2D eigenvalue weighted by molar-refractivity contribution is 6.09. The normalized spacial score (nSPS) is 10.6. The van der Waals surface area contributed by atoms with E-state index in [1.54, 1.807) is 19.2 Å². The molecule has 162 valence electrons. The van der Waals surface area contributed by atoms with Crippen molar-refractivity contribution in [2.45, 2.75) is 13.5 Å². The number of ether oxygens (including phenoxy) is 3. The van der Waals surface area contributed by atoms with Gasteiger partial charge in [-0.1, -0.05) is 48.5 Å². The van der Waals surface area contributed by atoms with Gasteiger partial charge in [0.2, 0.25) is 0 Å². The van der Waals surface area contributed by atoms with E-state index in [4.69, 9.17) is 14.2 Å². The van der Waals surface area contributed by atoms with Gasteiger partial charge in [0, 0.05) is 22.2 Å². The molecule has 0 spiro atoms. The molecular formula is C27H25NO4. The number of nitrogens with one attached hydrogen (secondary N) is 1. The Bertz CT molecular complexity index is 1230. The lowest BCUT2D eigenvalue weighted by molar-refractivity contribution is 0.102. The van der Waals surface area contributed by atoms with E-state index in [9.17, 15) is 4.79 Å². The van der Waals surface area contributed by atoms with Crippen molar-refractivity contribution in [1.29, 1.82) is 0 Å². The number of amides is 1. The molecule has 0 heterocycles. The smallest absolute Gasteiger partial charge is 0.255 e. The van der Waals surface area contributed by atoms with Crippen LogP contribution in [0.5, 0.6) is 17.2 Å². The molecule has 0 unspecified atom stereocenters. The molecule has 1 N–H and O–H groups in total. The van der Waals surface area contributed by atoms with Crippen molar-refractivity contribution in [3.8, 4) is 17.2 Å². The predicted octanol–water partition coefficient (Wildman–Crippen LogP) is 6.08. The fourth-order valence-electron chi connectivity index (χ4n) is 3.55. The van der Waals surface area contributed by atoms with Crippen molar-refractivity contribution >= 4 is 22.4 Å². The molecule has 32 heavy (non-hydrogen) atoms. The molecule has 0 saturated heterocycles. The number of carbonyl (C=O) groups is 1. The molecule has 0 aliphatic carbocycles. The summed E-state index contributed by atoms with van der Waals surface area (Å²) in [5, 5.41) is 5.10. The summed E-state index contributed by atoms with van der Waals surface area (Å²) in [6, 6.07) is 26.6. The highest BCUT2D eigenvalue weighted by Gasteiger charge is 2.13. The van der Waals surface area contributed by atoms with Gasteiger partial charge in [-0.25, -0.2) is 0 Å². The summed E-state index contributed by atoms with van der Waals surface area (Å²) in [6.07, 6.45) is 0. The molecule has 0 bridgehead atoms. The Hall–Kier alpha value is -3.99. The summed E-state index contributed by atoms with van der Waals surface area (Å²) in [5.74, 6) is 1.77. The molecule has 0 atom stereocenters. The van der Waals surface area contributed by atoms with Crippen LogP contribution in [0, 0.1) is 0 Å². The third-order valence-electron chi connectivity index (χ3n) is 5.11. The molecule has 4 aromatic rings. The van der Waals surface area contributed by atoms with E-state index in [2.05, 4.69) is 5.32 Å². The number of rotatable bonds is 8. The minimum Gasteiger partial charge on any atom is -0.493 e. The average molecular weight is 428 g/mol. The monoisotopic (exact) mass is 427 g/mol. The zero-order valence-electron chi connectivity index (χ0n) is 18.1. The van der Waals surface area contributed by atoms with Gasteiger partial charge in [-0.2, -0.15) is 0 Å². The minimum absolute atomic E-state index is 0.192. The molecular weight excluding hydrogens is 402 g/mol. The number of carbonyl (C=O) groups excluding carboxylic acids is 1. The van der Waals surface area contributed by atoms with Crippen molar-refractivity contribution in [3.63, 3.8) is 0 Å². The lowest BCUT2D eigenvalue weighted by Gasteiger charge is -2.15. The van der Waals surface area contributed by atoms with Crippen LogP contribution in [0.2, 0.25) is 0 Å². The summed E-state index contributed by atoms with van der Waals surface area (Å²) in [6.45, 7) is 2.68. The van der Waals surface area contributed by atoms with Crippen LogP contribution in [0.15, 0.2) is 84.9 Å². The van der Waals surface area contributed by atoms with E-state index < -0.39 is 0 Å². The Morgan fingerprint density at radius 1 is 0.812 bits per heavy atom. The second-order valence-corrected chi connectivity index (χ2v) is 7.18. The second kappa shape index (κ2) is 9.88. The van der Waals surface area contributed by atoms with E-state index in [1.807, 2.05) is 79.7 Å². The maximum absolute atomic E-state index is 13.0. The minimum atomic E-state index is -0.192. The number of benzene rings is 4. The first-order chi connectivity index (χ1) is 15.7. The van der Waals surface area contributed by atoms with E-state index in [0.29, 0.717) is 29.4 Å². The third kappa shape index (κ3) is 4.67. The summed E-state index contributed by atoms with van der Waals surface area (Å²) in [4.78, 5) is 13.0. The van der Waals surface area contributed by atoms with Gasteiger partial charge >= 0.3 is 0 Å². The zero-order valence-corrected chi connectivity index (χ0v) is 18.1. The maximum Gasteiger partial charge on any atom is 0.255 e. The van der Waals surface area contributed by atoms with Crippen LogP contribution in [0.25, 0.3) is 10.8 Å². The molecule has 0 radical (unpaired) electrons. The number of anilines is 1. The van der Waals surface area contributed by atoms with Gasteiger partial charge in [0.1, 0.15) is 12.4 Å². The van der Waals surface area contributed by atoms with E-state index >= 15 is 0 Å². The molecule has 0 fully saturated rings. The van der Waals surface area contributed by atoms with Crippen LogP contribution >= 0.6 is 0 Å². The van der Waals surface area contributed by atoms with Gasteiger partial charge in [0.15, 0.2) is 11.5 Å². The number of fused-ring (bicyclic) bond motifs is 1. The molecule has 0 aromatic heterocycles. The molecule has 5 heteroatoms. The summed E-state index contributed by atoms with van der Waals surface area (Å²) < 4.78 is 17.1. The van der Waals surface area contributed by atoms with Gasteiger partial charge in [0.25, 0.3) is 5.91 Å². The standard InChI is InChI=1S/C27H25NO4/c1-3-31-24-16-15-20(17-21(24)18-32-26-14-7-6-13-25(26)30-2)27(29)28-23-12-8-10-19-9-4-5-11-22(19)23/h4-17H,3,18H2,1-2H3,(H,28,29). The first-order valence-electron chi connectivity index (χ1n) is 10.5. The van der Waals surface area contributed by atoms with Crippen molar-refractivity contribution in [1.82, 2.24) is 0 Å². The van der Waals surface area contributed by atoms with Gasteiger partial charge in [-0.15, -0.1) is 0 Å². The van der Waals surface area contributed by atoms with Crippen molar-refractivity contribution < 1.29 is 19.0 Å². The van der Waals surface area contributed by atoms with Crippen LogP contribution in [-0.4, -0.2) is 19.6 Å². The maximum atomic E-state index is 13.0.